The number of hydrogen-bond acceptors (Lipinski definition) is 4. The van der Waals surface area contributed by atoms with Crippen LogP contribution in [0.4, 0.5) is 0 Å². The van der Waals surface area contributed by atoms with Crippen LogP contribution in [0.3, 0.4) is 0 Å². The van der Waals surface area contributed by atoms with Gasteiger partial charge in [-0.05, 0) is 37.6 Å². The minimum atomic E-state index is -0.548. The first-order valence-corrected chi connectivity index (χ1v) is 7.07. The Morgan fingerprint density at radius 1 is 1.42 bits per heavy atom. The van der Waals surface area contributed by atoms with Gasteiger partial charge in [0, 0.05) is 0 Å². The summed E-state index contributed by atoms with van der Waals surface area (Å²) in [5.74, 6) is 0.154. The SMILES string of the molecule is COC(=O)[C@H](CC(C)C)NC(=O)C1NCCCC1C. The van der Waals surface area contributed by atoms with Crippen molar-refractivity contribution in [3.63, 3.8) is 0 Å². The Balaban J connectivity index is 2.61. The van der Waals surface area contributed by atoms with Crippen LogP contribution in [0.5, 0.6) is 0 Å². The first-order chi connectivity index (χ1) is 8.95. The molecule has 1 fully saturated rings. The highest BCUT2D eigenvalue weighted by Gasteiger charge is 2.31. The number of esters is 1. The summed E-state index contributed by atoms with van der Waals surface area (Å²) < 4.78 is 4.75. The van der Waals surface area contributed by atoms with Crippen LogP contribution in [-0.2, 0) is 14.3 Å². The summed E-state index contributed by atoms with van der Waals surface area (Å²) in [4.78, 5) is 23.9. The third kappa shape index (κ3) is 4.82. The molecule has 5 nitrogen and oxygen atoms in total. The Bertz CT molecular complexity index is 318. The highest BCUT2D eigenvalue weighted by molar-refractivity contribution is 5.87. The smallest absolute Gasteiger partial charge is 0.328 e. The van der Waals surface area contributed by atoms with Crippen LogP contribution in [0.2, 0.25) is 0 Å². The molecule has 0 radical (unpaired) electrons. The van der Waals surface area contributed by atoms with E-state index in [-0.39, 0.29) is 17.9 Å². The maximum absolute atomic E-state index is 12.2. The van der Waals surface area contributed by atoms with Gasteiger partial charge in [0.1, 0.15) is 6.04 Å². The first-order valence-electron chi connectivity index (χ1n) is 7.07. The molecule has 0 spiro atoms. The lowest BCUT2D eigenvalue weighted by Gasteiger charge is -2.30. The molecule has 0 aromatic heterocycles. The molecule has 2 N–H and O–H groups in total. The van der Waals surface area contributed by atoms with E-state index in [1.807, 2.05) is 13.8 Å². The fourth-order valence-corrected chi connectivity index (χ4v) is 2.49. The monoisotopic (exact) mass is 270 g/mol. The van der Waals surface area contributed by atoms with Gasteiger partial charge >= 0.3 is 5.97 Å². The molecular weight excluding hydrogens is 244 g/mol. The Hall–Kier alpha value is -1.10. The van der Waals surface area contributed by atoms with Crippen LogP contribution in [0, 0.1) is 11.8 Å². The summed E-state index contributed by atoms with van der Waals surface area (Å²) in [6.45, 7) is 6.95. The van der Waals surface area contributed by atoms with E-state index < -0.39 is 6.04 Å². The third-order valence-corrected chi connectivity index (χ3v) is 3.56. The van der Waals surface area contributed by atoms with E-state index in [1.54, 1.807) is 0 Å². The first kappa shape index (κ1) is 16.0. The van der Waals surface area contributed by atoms with Gasteiger partial charge in [0.25, 0.3) is 0 Å². The summed E-state index contributed by atoms with van der Waals surface area (Å²) in [6, 6.07) is -0.749. The van der Waals surface area contributed by atoms with Crippen molar-refractivity contribution in [3.05, 3.63) is 0 Å². The molecule has 1 amide bonds. The molecule has 1 rings (SSSR count). The van der Waals surface area contributed by atoms with Gasteiger partial charge in [0.15, 0.2) is 0 Å². The molecule has 1 aliphatic rings. The highest BCUT2D eigenvalue weighted by atomic mass is 16.5. The molecule has 1 aliphatic heterocycles. The molecule has 0 aliphatic carbocycles. The van der Waals surface area contributed by atoms with Gasteiger partial charge in [0.05, 0.1) is 13.2 Å². The Labute approximate surface area is 115 Å². The zero-order valence-electron chi connectivity index (χ0n) is 12.4. The van der Waals surface area contributed by atoms with Crippen molar-refractivity contribution in [2.75, 3.05) is 13.7 Å². The van der Waals surface area contributed by atoms with Crippen LogP contribution in [0.25, 0.3) is 0 Å². The number of rotatable bonds is 5. The van der Waals surface area contributed by atoms with E-state index in [4.69, 9.17) is 4.74 Å². The Morgan fingerprint density at radius 2 is 2.11 bits per heavy atom. The number of hydrogen-bond donors (Lipinski definition) is 2. The highest BCUT2D eigenvalue weighted by Crippen LogP contribution is 2.16. The topological polar surface area (TPSA) is 67.4 Å². The predicted octanol–water partition coefficient (Wildman–Crippen LogP) is 1.08. The Morgan fingerprint density at radius 3 is 2.63 bits per heavy atom. The van der Waals surface area contributed by atoms with Crippen molar-refractivity contribution < 1.29 is 14.3 Å². The van der Waals surface area contributed by atoms with Crippen LogP contribution in [-0.4, -0.2) is 37.6 Å². The second-order valence-electron chi connectivity index (χ2n) is 5.77. The fourth-order valence-electron chi connectivity index (χ4n) is 2.49. The van der Waals surface area contributed by atoms with Gasteiger partial charge in [-0.1, -0.05) is 20.8 Å². The zero-order valence-corrected chi connectivity index (χ0v) is 12.4. The molecule has 2 unspecified atom stereocenters. The number of nitrogens with one attached hydrogen (secondary N) is 2. The number of amides is 1. The average Bonchev–Trinajstić information content (AvgIpc) is 2.36. The minimum Gasteiger partial charge on any atom is -0.467 e. The molecule has 1 saturated heterocycles. The summed E-state index contributed by atoms with van der Waals surface area (Å²) in [5, 5.41) is 6.04. The van der Waals surface area contributed by atoms with E-state index in [9.17, 15) is 9.59 Å². The number of ether oxygens (including phenoxy) is 1. The summed E-state index contributed by atoms with van der Waals surface area (Å²) in [7, 11) is 1.35. The largest absolute Gasteiger partial charge is 0.467 e. The van der Waals surface area contributed by atoms with Gasteiger partial charge in [-0.3, -0.25) is 4.79 Å². The number of methoxy groups -OCH3 is 1. The molecule has 0 aromatic carbocycles. The second-order valence-corrected chi connectivity index (χ2v) is 5.77. The third-order valence-electron chi connectivity index (χ3n) is 3.56. The van der Waals surface area contributed by atoms with Crippen LogP contribution < -0.4 is 10.6 Å². The Kier molecular flexibility index (Phi) is 6.28. The molecule has 19 heavy (non-hydrogen) atoms. The van der Waals surface area contributed by atoms with Crippen molar-refractivity contribution in [3.8, 4) is 0 Å². The molecule has 3 atom stereocenters. The molecule has 0 bridgehead atoms. The second kappa shape index (κ2) is 7.48. The molecule has 1 heterocycles. The van der Waals surface area contributed by atoms with Crippen molar-refractivity contribution in [1.82, 2.24) is 10.6 Å². The minimum absolute atomic E-state index is 0.0942. The van der Waals surface area contributed by atoms with Gasteiger partial charge in [-0.2, -0.15) is 0 Å². The average molecular weight is 270 g/mol. The summed E-state index contributed by atoms with van der Waals surface area (Å²) in [6.07, 6.45) is 2.73. The maximum atomic E-state index is 12.2. The van der Waals surface area contributed by atoms with Crippen molar-refractivity contribution in [2.45, 2.75) is 52.1 Å². The summed E-state index contributed by atoms with van der Waals surface area (Å²) >= 11 is 0. The molecule has 0 saturated carbocycles. The normalized spacial score (nSPS) is 24.9. The van der Waals surface area contributed by atoms with E-state index in [0.717, 1.165) is 19.4 Å². The van der Waals surface area contributed by atoms with E-state index in [2.05, 4.69) is 17.6 Å². The fraction of sp³-hybridized carbons (Fsp3) is 0.857. The number of carbonyl (C=O) groups is 2. The zero-order chi connectivity index (χ0) is 14.4. The lowest BCUT2D eigenvalue weighted by molar-refractivity contribution is -0.146. The van der Waals surface area contributed by atoms with Crippen LogP contribution in [0.15, 0.2) is 0 Å². The number of piperidine rings is 1. The molecule has 110 valence electrons. The van der Waals surface area contributed by atoms with Gasteiger partial charge in [0.2, 0.25) is 5.91 Å². The maximum Gasteiger partial charge on any atom is 0.328 e. The van der Waals surface area contributed by atoms with Gasteiger partial charge in [-0.15, -0.1) is 0 Å². The van der Waals surface area contributed by atoms with E-state index >= 15 is 0 Å². The van der Waals surface area contributed by atoms with Crippen LogP contribution in [0.1, 0.15) is 40.0 Å². The van der Waals surface area contributed by atoms with Crippen LogP contribution >= 0.6 is 0 Å². The van der Waals surface area contributed by atoms with E-state index in [1.165, 1.54) is 7.11 Å². The standard InChI is InChI=1S/C14H26N2O3/c1-9(2)8-11(14(18)19-4)16-13(17)12-10(3)6-5-7-15-12/h9-12,15H,5-8H2,1-4H3,(H,16,17)/t10?,11-,12?/m0/s1. The lowest BCUT2D eigenvalue weighted by Crippen LogP contribution is -2.54. The van der Waals surface area contributed by atoms with Crippen molar-refractivity contribution in [1.29, 1.82) is 0 Å². The quantitative estimate of drug-likeness (QED) is 0.734. The van der Waals surface area contributed by atoms with Crippen molar-refractivity contribution in [2.24, 2.45) is 11.8 Å². The van der Waals surface area contributed by atoms with Gasteiger partial charge in [-0.25, -0.2) is 4.79 Å². The van der Waals surface area contributed by atoms with Gasteiger partial charge < -0.3 is 15.4 Å². The molecule has 0 aromatic rings. The summed E-state index contributed by atoms with van der Waals surface area (Å²) in [5.41, 5.74) is 0. The lowest BCUT2D eigenvalue weighted by atomic mass is 9.91. The number of carbonyl (C=O) groups excluding carboxylic acids is 2. The molecular formula is C14H26N2O3. The van der Waals surface area contributed by atoms with Crippen molar-refractivity contribution >= 4 is 11.9 Å². The molecule has 5 heteroatoms. The van der Waals surface area contributed by atoms with E-state index in [0.29, 0.717) is 18.3 Å². The predicted molar refractivity (Wildman–Crippen MR) is 73.6 cm³/mol.